The van der Waals surface area contributed by atoms with Gasteiger partial charge in [0, 0.05) is 24.7 Å². The van der Waals surface area contributed by atoms with Gasteiger partial charge < -0.3 is 10.4 Å². The number of hydrogen-bond acceptors (Lipinski definition) is 3. The van der Waals surface area contributed by atoms with Gasteiger partial charge in [-0.05, 0) is 6.42 Å². The Morgan fingerprint density at radius 2 is 2.20 bits per heavy atom. The zero-order valence-corrected chi connectivity index (χ0v) is 9.80. The molecule has 4 nitrogen and oxygen atoms in total. The third-order valence-corrected chi connectivity index (χ3v) is 2.96. The smallest absolute Gasteiger partial charge is 0.251 e. The first-order valence-corrected chi connectivity index (χ1v) is 5.02. The summed E-state index contributed by atoms with van der Waals surface area (Å²) in [7, 11) is 0. The Labute approximate surface area is 95.6 Å². The molecule has 86 valence electrons. The maximum Gasteiger partial charge on any atom is 0.251 e. The van der Waals surface area contributed by atoms with Gasteiger partial charge in [0.2, 0.25) is 0 Å². The standard InChI is InChI=1S/C10H16N2O2.ClH/c1-10(2)4-8(12-9(10)14)7-3-6(13)5-11-7;/h6-7,11,13H,3-5H2,1-2H3;1H/t6-,7?;/m1./s1. The van der Waals surface area contributed by atoms with Crippen LogP contribution < -0.4 is 5.32 Å². The van der Waals surface area contributed by atoms with Gasteiger partial charge in [0.25, 0.3) is 5.91 Å². The van der Waals surface area contributed by atoms with Crippen molar-refractivity contribution in [2.75, 3.05) is 6.54 Å². The molecule has 0 aromatic carbocycles. The number of nitrogens with one attached hydrogen (secondary N) is 1. The van der Waals surface area contributed by atoms with Crippen LogP contribution in [-0.4, -0.2) is 35.4 Å². The van der Waals surface area contributed by atoms with Gasteiger partial charge in [0.1, 0.15) is 0 Å². The summed E-state index contributed by atoms with van der Waals surface area (Å²) in [5.74, 6) is -0.0318. The van der Waals surface area contributed by atoms with Gasteiger partial charge >= 0.3 is 0 Å². The molecule has 2 rings (SSSR count). The van der Waals surface area contributed by atoms with E-state index in [0.717, 1.165) is 12.1 Å². The summed E-state index contributed by atoms with van der Waals surface area (Å²) in [6, 6.07) is 0.107. The van der Waals surface area contributed by atoms with Crippen molar-refractivity contribution in [2.24, 2.45) is 10.4 Å². The van der Waals surface area contributed by atoms with E-state index in [1.807, 2.05) is 13.8 Å². The molecule has 0 bridgehead atoms. The predicted molar refractivity (Wildman–Crippen MR) is 60.5 cm³/mol. The molecular weight excluding hydrogens is 216 g/mol. The van der Waals surface area contributed by atoms with Gasteiger partial charge in [-0.3, -0.25) is 4.79 Å². The number of aliphatic hydroxyl groups is 1. The topological polar surface area (TPSA) is 61.7 Å². The fourth-order valence-corrected chi connectivity index (χ4v) is 2.02. The normalized spacial score (nSPS) is 33.8. The van der Waals surface area contributed by atoms with Crippen LogP contribution in [0.3, 0.4) is 0 Å². The molecule has 0 saturated carbocycles. The van der Waals surface area contributed by atoms with Crippen molar-refractivity contribution in [3.05, 3.63) is 0 Å². The van der Waals surface area contributed by atoms with Crippen LogP contribution in [-0.2, 0) is 4.79 Å². The average Bonchev–Trinajstić information content (AvgIpc) is 2.58. The summed E-state index contributed by atoms with van der Waals surface area (Å²) in [4.78, 5) is 15.5. The van der Waals surface area contributed by atoms with Crippen LogP contribution in [0.15, 0.2) is 4.99 Å². The molecule has 0 radical (unpaired) electrons. The number of carbonyl (C=O) groups is 1. The number of aliphatic hydroxyl groups excluding tert-OH is 1. The van der Waals surface area contributed by atoms with E-state index in [4.69, 9.17) is 0 Å². The van der Waals surface area contributed by atoms with Crippen LogP contribution in [0.1, 0.15) is 26.7 Å². The molecular formula is C10H17ClN2O2. The van der Waals surface area contributed by atoms with Gasteiger partial charge in [-0.25, -0.2) is 4.99 Å². The third-order valence-electron chi connectivity index (χ3n) is 2.96. The van der Waals surface area contributed by atoms with Crippen molar-refractivity contribution >= 4 is 24.0 Å². The summed E-state index contributed by atoms with van der Waals surface area (Å²) in [5.41, 5.74) is 0.571. The Kier molecular flexibility index (Phi) is 3.53. The molecule has 1 saturated heterocycles. The molecule has 2 heterocycles. The molecule has 15 heavy (non-hydrogen) atoms. The van der Waals surface area contributed by atoms with Crippen LogP contribution in [0.2, 0.25) is 0 Å². The van der Waals surface area contributed by atoms with Gasteiger partial charge in [-0.15, -0.1) is 12.4 Å². The van der Waals surface area contributed by atoms with Crippen LogP contribution in [0.5, 0.6) is 0 Å². The Balaban J connectivity index is 0.00000112. The Hall–Kier alpha value is -0.450. The molecule has 1 unspecified atom stereocenters. The molecule has 1 amide bonds. The summed E-state index contributed by atoms with van der Waals surface area (Å²) >= 11 is 0. The summed E-state index contributed by atoms with van der Waals surface area (Å²) in [6.45, 7) is 4.44. The molecule has 0 spiro atoms. The molecule has 0 aromatic rings. The molecule has 0 aromatic heterocycles. The molecule has 1 fully saturated rings. The summed E-state index contributed by atoms with van der Waals surface area (Å²) < 4.78 is 0. The highest BCUT2D eigenvalue weighted by atomic mass is 35.5. The molecule has 2 atom stereocenters. The van der Waals surface area contributed by atoms with Crippen molar-refractivity contribution in [1.29, 1.82) is 0 Å². The molecule has 2 aliphatic rings. The van der Waals surface area contributed by atoms with Gasteiger partial charge in [-0.2, -0.15) is 0 Å². The molecule has 2 aliphatic heterocycles. The lowest BCUT2D eigenvalue weighted by Crippen LogP contribution is -2.31. The second kappa shape index (κ2) is 4.20. The first kappa shape index (κ1) is 12.6. The zero-order valence-electron chi connectivity index (χ0n) is 8.99. The van der Waals surface area contributed by atoms with Crippen LogP contribution in [0, 0.1) is 5.41 Å². The van der Waals surface area contributed by atoms with Gasteiger partial charge in [0.15, 0.2) is 0 Å². The van der Waals surface area contributed by atoms with Gasteiger partial charge in [0.05, 0.1) is 11.5 Å². The van der Waals surface area contributed by atoms with E-state index >= 15 is 0 Å². The molecule has 0 aliphatic carbocycles. The maximum absolute atomic E-state index is 11.5. The highest BCUT2D eigenvalue weighted by Crippen LogP contribution is 2.31. The number of rotatable bonds is 1. The number of hydrogen-bond donors (Lipinski definition) is 2. The second-order valence-corrected chi connectivity index (χ2v) is 4.82. The average molecular weight is 233 g/mol. The first-order valence-electron chi connectivity index (χ1n) is 5.02. The van der Waals surface area contributed by atoms with Crippen LogP contribution in [0.25, 0.3) is 0 Å². The lowest BCUT2D eigenvalue weighted by atomic mass is 9.87. The van der Waals surface area contributed by atoms with E-state index in [1.165, 1.54) is 0 Å². The number of nitrogens with zero attached hydrogens (tertiary/aromatic N) is 1. The van der Waals surface area contributed by atoms with E-state index < -0.39 is 0 Å². The minimum Gasteiger partial charge on any atom is -0.392 e. The van der Waals surface area contributed by atoms with Crippen molar-refractivity contribution in [3.63, 3.8) is 0 Å². The largest absolute Gasteiger partial charge is 0.392 e. The van der Waals surface area contributed by atoms with Crippen LogP contribution >= 0.6 is 12.4 Å². The third kappa shape index (κ3) is 2.38. The highest BCUT2D eigenvalue weighted by molar-refractivity contribution is 6.07. The van der Waals surface area contributed by atoms with Crippen molar-refractivity contribution in [3.8, 4) is 0 Å². The number of β-amino-alcohol motifs (C(OH)–C–C–N with tert-alkyl or cyclic N) is 1. The quantitative estimate of drug-likeness (QED) is 0.693. The monoisotopic (exact) mass is 232 g/mol. The number of aliphatic imine (C=N–C) groups is 1. The zero-order chi connectivity index (χ0) is 10.3. The number of halogens is 1. The van der Waals surface area contributed by atoms with Crippen molar-refractivity contribution in [2.45, 2.75) is 38.8 Å². The first-order chi connectivity index (χ1) is 6.49. The van der Waals surface area contributed by atoms with E-state index in [2.05, 4.69) is 10.3 Å². The predicted octanol–water partition coefficient (Wildman–Crippen LogP) is 0.528. The summed E-state index contributed by atoms with van der Waals surface area (Å²) in [5, 5.41) is 12.5. The summed E-state index contributed by atoms with van der Waals surface area (Å²) in [6.07, 6.45) is 1.11. The Morgan fingerprint density at radius 1 is 1.53 bits per heavy atom. The highest BCUT2D eigenvalue weighted by Gasteiger charge is 2.39. The molecule has 5 heteroatoms. The van der Waals surface area contributed by atoms with Crippen molar-refractivity contribution < 1.29 is 9.90 Å². The Morgan fingerprint density at radius 3 is 2.60 bits per heavy atom. The molecule has 2 N–H and O–H groups in total. The lowest BCUT2D eigenvalue weighted by Gasteiger charge is -2.15. The fourth-order valence-electron chi connectivity index (χ4n) is 2.02. The maximum atomic E-state index is 11.5. The lowest BCUT2D eigenvalue weighted by molar-refractivity contribution is -0.124. The second-order valence-electron chi connectivity index (χ2n) is 4.82. The fraction of sp³-hybridized carbons (Fsp3) is 0.800. The Bertz CT molecular complexity index is 302. The van der Waals surface area contributed by atoms with Crippen LogP contribution in [0.4, 0.5) is 0 Å². The van der Waals surface area contributed by atoms with E-state index in [1.54, 1.807) is 0 Å². The number of amides is 1. The van der Waals surface area contributed by atoms with Gasteiger partial charge in [-0.1, -0.05) is 13.8 Å². The SMILES string of the molecule is CC1(C)CC(C2C[C@@H](O)CN2)=NC1=O.Cl. The van der Waals surface area contributed by atoms with E-state index in [9.17, 15) is 9.90 Å². The van der Waals surface area contributed by atoms with E-state index in [-0.39, 0.29) is 35.9 Å². The minimum atomic E-state index is -0.343. The minimum absolute atomic E-state index is 0. The van der Waals surface area contributed by atoms with E-state index in [0.29, 0.717) is 13.0 Å². The van der Waals surface area contributed by atoms with Crippen molar-refractivity contribution in [1.82, 2.24) is 5.32 Å². The number of carbonyl (C=O) groups excluding carboxylic acids is 1.